The van der Waals surface area contributed by atoms with Gasteiger partial charge in [0, 0.05) is 11.6 Å². The molecule has 0 radical (unpaired) electrons. The van der Waals surface area contributed by atoms with E-state index < -0.39 is 12.0 Å². The van der Waals surface area contributed by atoms with E-state index in [-0.39, 0.29) is 11.3 Å². The van der Waals surface area contributed by atoms with Crippen molar-refractivity contribution >= 4 is 29.3 Å². The zero-order chi connectivity index (χ0) is 13.8. The Morgan fingerprint density at radius 2 is 2.11 bits per heavy atom. The number of benzene rings is 1. The summed E-state index contributed by atoms with van der Waals surface area (Å²) in [6.45, 7) is 0.620. The molecule has 0 spiro atoms. The van der Waals surface area contributed by atoms with Crippen LogP contribution < -0.4 is 10.6 Å². The van der Waals surface area contributed by atoms with E-state index in [1.54, 1.807) is 0 Å². The third-order valence-corrected chi connectivity index (χ3v) is 3.47. The van der Waals surface area contributed by atoms with Crippen LogP contribution in [0.5, 0.6) is 0 Å². The number of carboxylic acids is 1. The number of urea groups is 1. The van der Waals surface area contributed by atoms with Gasteiger partial charge in [0.1, 0.15) is 0 Å². The number of aromatic carboxylic acids is 1. The summed E-state index contributed by atoms with van der Waals surface area (Å²) in [5, 5.41) is 14.6. The Labute approximate surface area is 116 Å². The van der Waals surface area contributed by atoms with Crippen LogP contribution in [-0.4, -0.2) is 23.7 Å². The lowest BCUT2D eigenvalue weighted by molar-refractivity contribution is 0.0698. The Balaban J connectivity index is 1.98. The van der Waals surface area contributed by atoms with Crippen molar-refractivity contribution < 1.29 is 14.7 Å². The van der Waals surface area contributed by atoms with Crippen molar-refractivity contribution in [2.75, 3.05) is 11.9 Å². The average Bonchev–Trinajstić information content (AvgIpc) is 2.26. The van der Waals surface area contributed by atoms with Crippen LogP contribution in [0.4, 0.5) is 10.5 Å². The minimum Gasteiger partial charge on any atom is -0.478 e. The Bertz CT molecular complexity index is 501. The smallest absolute Gasteiger partial charge is 0.337 e. The largest absolute Gasteiger partial charge is 0.478 e. The van der Waals surface area contributed by atoms with E-state index in [1.807, 2.05) is 0 Å². The van der Waals surface area contributed by atoms with Gasteiger partial charge in [-0.1, -0.05) is 18.0 Å². The highest BCUT2D eigenvalue weighted by atomic mass is 35.5. The summed E-state index contributed by atoms with van der Waals surface area (Å²) in [4.78, 5) is 22.7. The molecule has 0 aromatic heterocycles. The number of amides is 2. The van der Waals surface area contributed by atoms with Crippen LogP contribution >= 0.6 is 11.6 Å². The molecule has 0 atom stereocenters. The summed E-state index contributed by atoms with van der Waals surface area (Å²) in [6.07, 6.45) is 3.49. The minimum absolute atomic E-state index is 0.0168. The predicted molar refractivity (Wildman–Crippen MR) is 72.8 cm³/mol. The van der Waals surface area contributed by atoms with Crippen LogP contribution in [0.3, 0.4) is 0 Å². The number of anilines is 1. The fraction of sp³-hybridized carbons (Fsp3) is 0.385. The number of carbonyl (C=O) groups excluding carboxylic acids is 1. The Morgan fingerprint density at radius 3 is 2.68 bits per heavy atom. The molecule has 0 aliphatic heterocycles. The van der Waals surface area contributed by atoms with Crippen molar-refractivity contribution in [1.82, 2.24) is 5.32 Å². The van der Waals surface area contributed by atoms with Gasteiger partial charge in [-0.25, -0.2) is 9.59 Å². The van der Waals surface area contributed by atoms with Crippen LogP contribution in [0.15, 0.2) is 18.2 Å². The number of carboxylic acid groups (broad SMARTS) is 1. The first-order chi connectivity index (χ1) is 9.06. The molecule has 1 aromatic carbocycles. The second-order valence-electron chi connectivity index (χ2n) is 4.63. The zero-order valence-electron chi connectivity index (χ0n) is 10.3. The molecule has 1 fully saturated rings. The summed E-state index contributed by atoms with van der Waals surface area (Å²) in [6, 6.07) is 3.86. The average molecular weight is 283 g/mol. The van der Waals surface area contributed by atoms with E-state index >= 15 is 0 Å². The van der Waals surface area contributed by atoms with E-state index in [1.165, 1.54) is 24.6 Å². The van der Waals surface area contributed by atoms with Crippen LogP contribution in [0.25, 0.3) is 0 Å². The van der Waals surface area contributed by atoms with E-state index in [9.17, 15) is 9.59 Å². The molecule has 19 heavy (non-hydrogen) atoms. The van der Waals surface area contributed by atoms with E-state index in [0.717, 1.165) is 12.8 Å². The molecule has 3 N–H and O–H groups in total. The van der Waals surface area contributed by atoms with Gasteiger partial charge in [0.2, 0.25) is 0 Å². The van der Waals surface area contributed by atoms with Gasteiger partial charge >= 0.3 is 12.0 Å². The third kappa shape index (κ3) is 3.61. The molecule has 1 aromatic rings. The highest BCUT2D eigenvalue weighted by Gasteiger charge is 2.18. The van der Waals surface area contributed by atoms with Crippen LogP contribution in [0.2, 0.25) is 5.02 Å². The van der Waals surface area contributed by atoms with Gasteiger partial charge in [-0.3, -0.25) is 0 Å². The predicted octanol–water partition coefficient (Wildman–Crippen LogP) is 2.96. The van der Waals surface area contributed by atoms with E-state index in [0.29, 0.717) is 17.5 Å². The molecule has 0 heterocycles. The van der Waals surface area contributed by atoms with Gasteiger partial charge in [0.15, 0.2) is 0 Å². The summed E-state index contributed by atoms with van der Waals surface area (Å²) in [5.74, 6) is -0.560. The van der Waals surface area contributed by atoms with Gasteiger partial charge in [-0.2, -0.15) is 0 Å². The van der Waals surface area contributed by atoms with E-state index in [4.69, 9.17) is 16.7 Å². The Hall–Kier alpha value is -1.75. The van der Waals surface area contributed by atoms with Crippen molar-refractivity contribution in [3.05, 3.63) is 28.8 Å². The molecule has 102 valence electrons. The topological polar surface area (TPSA) is 78.4 Å². The molecule has 1 saturated carbocycles. The highest BCUT2D eigenvalue weighted by molar-refractivity contribution is 6.31. The maximum absolute atomic E-state index is 11.7. The van der Waals surface area contributed by atoms with Gasteiger partial charge in [0.25, 0.3) is 0 Å². The first-order valence-corrected chi connectivity index (χ1v) is 6.52. The second-order valence-corrected chi connectivity index (χ2v) is 5.06. The number of hydrogen-bond donors (Lipinski definition) is 3. The van der Waals surface area contributed by atoms with Gasteiger partial charge in [-0.05, 0) is 37.0 Å². The Kier molecular flexibility index (Phi) is 4.27. The highest BCUT2D eigenvalue weighted by Crippen LogP contribution is 2.25. The van der Waals surface area contributed by atoms with Gasteiger partial charge in [-0.15, -0.1) is 0 Å². The quantitative estimate of drug-likeness (QED) is 0.794. The summed E-state index contributed by atoms with van der Waals surface area (Å²) in [7, 11) is 0. The first kappa shape index (κ1) is 13.7. The Morgan fingerprint density at radius 1 is 1.37 bits per heavy atom. The van der Waals surface area contributed by atoms with Crippen molar-refractivity contribution in [1.29, 1.82) is 0 Å². The van der Waals surface area contributed by atoms with Gasteiger partial charge < -0.3 is 15.7 Å². The second kappa shape index (κ2) is 5.93. The molecule has 0 bridgehead atoms. The monoisotopic (exact) mass is 282 g/mol. The fourth-order valence-corrected chi connectivity index (χ4v) is 2.08. The van der Waals surface area contributed by atoms with Crippen molar-refractivity contribution in [2.45, 2.75) is 19.3 Å². The molecule has 5 nitrogen and oxygen atoms in total. The summed E-state index contributed by atoms with van der Waals surface area (Å²) < 4.78 is 0. The van der Waals surface area contributed by atoms with Crippen molar-refractivity contribution in [3.8, 4) is 0 Å². The number of halogens is 1. The molecule has 0 saturated heterocycles. The number of carbonyl (C=O) groups is 2. The molecule has 1 aliphatic rings. The standard InChI is InChI=1S/C13H15ClN2O3/c14-9-4-5-10(12(17)18)11(6-9)16-13(19)15-7-8-2-1-3-8/h4-6,8H,1-3,7H2,(H,17,18)(H2,15,16,19). The lowest BCUT2D eigenvalue weighted by Crippen LogP contribution is -2.35. The molecule has 1 aliphatic carbocycles. The molecule has 2 rings (SSSR count). The van der Waals surface area contributed by atoms with Crippen molar-refractivity contribution in [3.63, 3.8) is 0 Å². The fourth-order valence-electron chi connectivity index (χ4n) is 1.91. The summed E-state index contributed by atoms with van der Waals surface area (Å²) in [5.41, 5.74) is 0.217. The molecule has 0 unspecified atom stereocenters. The molecule has 2 amide bonds. The third-order valence-electron chi connectivity index (χ3n) is 3.24. The number of nitrogens with one attached hydrogen (secondary N) is 2. The van der Waals surface area contributed by atoms with Crippen LogP contribution in [0.1, 0.15) is 29.6 Å². The van der Waals surface area contributed by atoms with Crippen LogP contribution in [-0.2, 0) is 0 Å². The first-order valence-electron chi connectivity index (χ1n) is 6.14. The van der Waals surface area contributed by atoms with Crippen molar-refractivity contribution in [2.24, 2.45) is 5.92 Å². The summed E-state index contributed by atoms with van der Waals surface area (Å²) >= 11 is 5.80. The molecular formula is C13H15ClN2O3. The lowest BCUT2D eigenvalue weighted by atomic mass is 9.85. The van der Waals surface area contributed by atoms with Crippen LogP contribution in [0, 0.1) is 5.92 Å². The maximum Gasteiger partial charge on any atom is 0.337 e. The lowest BCUT2D eigenvalue weighted by Gasteiger charge is -2.25. The number of rotatable bonds is 4. The minimum atomic E-state index is -1.11. The van der Waals surface area contributed by atoms with Gasteiger partial charge in [0.05, 0.1) is 11.3 Å². The van der Waals surface area contributed by atoms with E-state index in [2.05, 4.69) is 10.6 Å². The molecular weight excluding hydrogens is 268 g/mol. The normalized spacial score (nSPS) is 14.6. The SMILES string of the molecule is O=C(NCC1CCC1)Nc1cc(Cl)ccc1C(=O)O. The maximum atomic E-state index is 11.7. The number of hydrogen-bond acceptors (Lipinski definition) is 2. The zero-order valence-corrected chi connectivity index (χ0v) is 11.0. The molecule has 6 heteroatoms.